The van der Waals surface area contributed by atoms with Crippen molar-refractivity contribution in [3.05, 3.63) is 134 Å². The molecule has 0 aromatic carbocycles. The molecule has 0 aliphatic carbocycles. The van der Waals surface area contributed by atoms with Crippen LogP contribution in [0.3, 0.4) is 0 Å². The SMILES string of the molecule is CC/C=C\C/C=C\C/C=C\C/C=C\C/C=C\C/C=C\C/C=C\C/C=C\C/C=C\CCCC(=O)OCC(COC(=O)CCCCCCC/C=C\CCCCCC)OC(=O)CCCCCCCCCCC/C=C\CCCCCCCC. The molecule has 0 radical (unpaired) electrons. The van der Waals surface area contributed by atoms with Crippen molar-refractivity contribution in [3.8, 4) is 0 Å². The van der Waals surface area contributed by atoms with Gasteiger partial charge in [0.15, 0.2) is 6.10 Å². The molecule has 448 valence electrons. The van der Waals surface area contributed by atoms with Crippen molar-refractivity contribution < 1.29 is 28.6 Å². The number of carbonyl (C=O) groups is 3. The van der Waals surface area contributed by atoms with Gasteiger partial charge in [-0.25, -0.2) is 0 Å². The molecule has 0 aromatic heterocycles. The molecule has 0 aromatic rings. The summed E-state index contributed by atoms with van der Waals surface area (Å²) in [7, 11) is 0. The molecule has 0 rings (SSSR count). The van der Waals surface area contributed by atoms with Gasteiger partial charge >= 0.3 is 17.9 Å². The van der Waals surface area contributed by atoms with Crippen LogP contribution in [0.15, 0.2) is 134 Å². The van der Waals surface area contributed by atoms with Crippen LogP contribution in [-0.4, -0.2) is 37.2 Å². The van der Waals surface area contributed by atoms with Gasteiger partial charge in [0, 0.05) is 19.3 Å². The van der Waals surface area contributed by atoms with Crippen molar-refractivity contribution in [3.63, 3.8) is 0 Å². The quantitative estimate of drug-likeness (QED) is 0.0261. The van der Waals surface area contributed by atoms with Crippen molar-refractivity contribution in [2.24, 2.45) is 0 Å². The second kappa shape index (κ2) is 66.1. The Bertz CT molecular complexity index is 1680. The molecular weight excluding hydrogens is 973 g/mol. The molecule has 0 fully saturated rings. The van der Waals surface area contributed by atoms with Crippen LogP contribution in [0, 0.1) is 0 Å². The average molecular weight is 1090 g/mol. The Morgan fingerprint density at radius 1 is 0.266 bits per heavy atom. The third-order valence-corrected chi connectivity index (χ3v) is 13.6. The van der Waals surface area contributed by atoms with Gasteiger partial charge < -0.3 is 14.2 Å². The Hall–Kier alpha value is -4.45. The van der Waals surface area contributed by atoms with Gasteiger partial charge in [0.1, 0.15) is 13.2 Å². The van der Waals surface area contributed by atoms with E-state index in [0.29, 0.717) is 19.3 Å². The molecule has 79 heavy (non-hydrogen) atoms. The molecule has 0 heterocycles. The van der Waals surface area contributed by atoms with E-state index in [1.54, 1.807) is 0 Å². The maximum atomic E-state index is 12.9. The van der Waals surface area contributed by atoms with Gasteiger partial charge in [-0.15, -0.1) is 0 Å². The average Bonchev–Trinajstić information content (AvgIpc) is 3.45. The Morgan fingerprint density at radius 2 is 0.506 bits per heavy atom. The smallest absolute Gasteiger partial charge is 0.306 e. The van der Waals surface area contributed by atoms with Crippen LogP contribution >= 0.6 is 0 Å². The predicted octanol–water partition coefficient (Wildman–Crippen LogP) is 22.5. The Kier molecular flexibility index (Phi) is 62.3. The molecule has 0 saturated carbocycles. The summed E-state index contributed by atoms with van der Waals surface area (Å²) >= 11 is 0. The second-order valence-corrected chi connectivity index (χ2v) is 21.3. The monoisotopic (exact) mass is 1090 g/mol. The maximum absolute atomic E-state index is 12.9. The summed E-state index contributed by atoms with van der Waals surface area (Å²) in [5.74, 6) is -0.973. The van der Waals surface area contributed by atoms with Gasteiger partial charge in [-0.2, -0.15) is 0 Å². The fourth-order valence-electron chi connectivity index (χ4n) is 8.73. The van der Waals surface area contributed by atoms with E-state index in [4.69, 9.17) is 14.2 Å². The number of esters is 3. The normalized spacial score (nSPS) is 13.0. The topological polar surface area (TPSA) is 78.9 Å². The van der Waals surface area contributed by atoms with E-state index in [-0.39, 0.29) is 37.5 Å². The van der Waals surface area contributed by atoms with Crippen molar-refractivity contribution in [1.29, 1.82) is 0 Å². The van der Waals surface area contributed by atoms with E-state index in [1.807, 2.05) is 0 Å². The van der Waals surface area contributed by atoms with Gasteiger partial charge in [0.2, 0.25) is 0 Å². The molecule has 1 unspecified atom stereocenters. The third kappa shape index (κ3) is 64.3. The largest absolute Gasteiger partial charge is 0.462 e. The lowest BCUT2D eigenvalue weighted by Gasteiger charge is -2.18. The zero-order valence-electron chi connectivity index (χ0n) is 51.3. The van der Waals surface area contributed by atoms with Crippen LogP contribution in [0.1, 0.15) is 290 Å². The standard InChI is InChI=1S/C73H120O6/c1-4-7-10-13-16-19-22-25-27-29-31-32-33-34-35-36-37-38-39-40-42-43-45-48-51-54-57-60-63-66-72(75)78-69-70(68-77-71(74)65-62-59-56-53-50-47-24-21-18-15-12-9-6-3)79-73(76)67-64-61-58-55-52-49-46-44-41-30-28-26-23-20-17-14-11-8-5-2/h7,10,16,19,21,24-28,31-32,34-35,37-38,40,42,45,48,54,57,70H,4-6,8-9,11-15,17-18,20,22-23,29-30,33,36,39,41,43-44,46-47,49-53,55-56,58-69H2,1-3H3/b10-7-,19-16-,24-21-,27-25-,28-26-,32-31-,35-34-,38-37-,42-40-,48-45-,57-54-. The first-order valence-electron chi connectivity index (χ1n) is 32.7. The first-order valence-corrected chi connectivity index (χ1v) is 32.7. The van der Waals surface area contributed by atoms with Crippen LogP contribution in [0.25, 0.3) is 0 Å². The maximum Gasteiger partial charge on any atom is 0.306 e. The fourth-order valence-corrected chi connectivity index (χ4v) is 8.73. The van der Waals surface area contributed by atoms with Crippen molar-refractivity contribution in [2.75, 3.05) is 13.2 Å². The lowest BCUT2D eigenvalue weighted by Crippen LogP contribution is -2.30. The summed E-state index contributed by atoms with van der Waals surface area (Å²) < 4.78 is 16.9. The molecule has 1 atom stereocenters. The minimum atomic E-state index is -0.811. The predicted molar refractivity (Wildman–Crippen MR) is 343 cm³/mol. The summed E-state index contributed by atoms with van der Waals surface area (Å²) in [6.45, 7) is 6.46. The van der Waals surface area contributed by atoms with Gasteiger partial charge in [-0.1, -0.05) is 270 Å². The number of allylic oxidation sites excluding steroid dienone is 22. The van der Waals surface area contributed by atoms with Crippen LogP contribution < -0.4 is 0 Å². The molecule has 0 N–H and O–H groups in total. The number of carbonyl (C=O) groups excluding carboxylic acids is 3. The van der Waals surface area contributed by atoms with E-state index < -0.39 is 6.10 Å². The minimum absolute atomic E-state index is 0.104. The molecule has 0 spiro atoms. The Morgan fingerprint density at radius 3 is 0.848 bits per heavy atom. The van der Waals surface area contributed by atoms with Crippen molar-refractivity contribution in [1.82, 2.24) is 0 Å². The van der Waals surface area contributed by atoms with Gasteiger partial charge in [0.25, 0.3) is 0 Å². The summed E-state index contributed by atoms with van der Waals surface area (Å²) in [4.78, 5) is 38.3. The molecule has 0 aliphatic rings. The van der Waals surface area contributed by atoms with Crippen LogP contribution in [0.2, 0.25) is 0 Å². The molecular formula is C73H120O6. The van der Waals surface area contributed by atoms with Crippen LogP contribution in [0.4, 0.5) is 0 Å². The van der Waals surface area contributed by atoms with E-state index in [1.165, 1.54) is 128 Å². The number of rotatable bonds is 58. The summed E-state index contributed by atoms with van der Waals surface area (Å²) in [6.07, 6.45) is 93.2. The highest BCUT2D eigenvalue weighted by Gasteiger charge is 2.19. The zero-order chi connectivity index (χ0) is 57.1. The van der Waals surface area contributed by atoms with E-state index in [2.05, 4.69) is 154 Å². The summed E-state index contributed by atoms with van der Waals surface area (Å²) in [6, 6.07) is 0. The highest BCUT2D eigenvalue weighted by Crippen LogP contribution is 2.15. The summed E-state index contributed by atoms with van der Waals surface area (Å²) in [5.41, 5.74) is 0. The summed E-state index contributed by atoms with van der Waals surface area (Å²) in [5, 5.41) is 0. The number of unbranched alkanes of at least 4 members (excludes halogenated alkanes) is 25. The lowest BCUT2D eigenvalue weighted by atomic mass is 10.1. The lowest BCUT2D eigenvalue weighted by molar-refractivity contribution is -0.167. The van der Waals surface area contributed by atoms with Crippen molar-refractivity contribution in [2.45, 2.75) is 297 Å². The van der Waals surface area contributed by atoms with Gasteiger partial charge in [-0.05, 0) is 135 Å². The molecule has 0 bridgehead atoms. The van der Waals surface area contributed by atoms with E-state index >= 15 is 0 Å². The first kappa shape index (κ1) is 74.5. The molecule has 6 heteroatoms. The molecule has 0 amide bonds. The first-order chi connectivity index (χ1) is 39.0. The van der Waals surface area contributed by atoms with Crippen LogP contribution in [-0.2, 0) is 28.6 Å². The zero-order valence-corrected chi connectivity index (χ0v) is 51.3. The molecule has 6 nitrogen and oxygen atoms in total. The third-order valence-electron chi connectivity index (χ3n) is 13.6. The number of hydrogen-bond acceptors (Lipinski definition) is 6. The molecule has 0 saturated heterocycles. The second-order valence-electron chi connectivity index (χ2n) is 21.3. The highest BCUT2D eigenvalue weighted by molar-refractivity contribution is 5.71. The van der Waals surface area contributed by atoms with Crippen molar-refractivity contribution >= 4 is 17.9 Å². The van der Waals surface area contributed by atoms with E-state index in [9.17, 15) is 14.4 Å². The Labute approximate surface area is 487 Å². The number of ether oxygens (including phenoxy) is 3. The van der Waals surface area contributed by atoms with Gasteiger partial charge in [-0.3, -0.25) is 14.4 Å². The van der Waals surface area contributed by atoms with E-state index in [0.717, 1.165) is 116 Å². The van der Waals surface area contributed by atoms with Gasteiger partial charge in [0.05, 0.1) is 0 Å². The fraction of sp³-hybridized carbons (Fsp3) is 0.658. The Balaban J connectivity index is 4.44. The van der Waals surface area contributed by atoms with Crippen LogP contribution in [0.5, 0.6) is 0 Å². The number of hydrogen-bond donors (Lipinski definition) is 0. The molecule has 0 aliphatic heterocycles. The highest BCUT2D eigenvalue weighted by atomic mass is 16.6. The minimum Gasteiger partial charge on any atom is -0.462 e.